The van der Waals surface area contributed by atoms with E-state index in [4.69, 9.17) is 28.3 Å². The molecule has 2 amide bonds. The summed E-state index contributed by atoms with van der Waals surface area (Å²) in [6, 6.07) is 1.68. The molecule has 1 saturated carbocycles. The molecule has 1 unspecified atom stereocenters. The smallest absolute Gasteiger partial charge is 0.407 e. The van der Waals surface area contributed by atoms with Gasteiger partial charge in [-0.05, 0) is 24.5 Å². The molecular formula is C17H22Cl2N2O4S. The van der Waals surface area contributed by atoms with Gasteiger partial charge < -0.3 is 20.0 Å². The molecule has 0 spiro atoms. The Bertz CT molecular complexity index is 682. The maximum Gasteiger partial charge on any atom is 0.407 e. The number of halogens is 2. The largest absolute Gasteiger partial charge is 0.465 e. The second-order valence-corrected chi connectivity index (χ2v) is 9.26. The number of rotatable bonds is 3. The highest BCUT2D eigenvalue weighted by Gasteiger charge is 2.46. The van der Waals surface area contributed by atoms with Crippen molar-refractivity contribution in [3.05, 3.63) is 20.3 Å². The van der Waals surface area contributed by atoms with E-state index in [-0.39, 0.29) is 19.0 Å². The quantitative estimate of drug-likeness (QED) is 0.781. The van der Waals surface area contributed by atoms with Crippen molar-refractivity contribution in [3.63, 3.8) is 0 Å². The normalized spacial score (nSPS) is 21.5. The van der Waals surface area contributed by atoms with Crippen molar-refractivity contribution in [1.82, 2.24) is 9.80 Å². The molecule has 2 heterocycles. The molecule has 0 aromatic carbocycles. The van der Waals surface area contributed by atoms with E-state index in [1.54, 1.807) is 11.0 Å². The van der Waals surface area contributed by atoms with Gasteiger partial charge >= 0.3 is 6.09 Å². The Balaban J connectivity index is 1.87. The number of thiophene rings is 1. The predicted molar refractivity (Wildman–Crippen MR) is 101 cm³/mol. The van der Waals surface area contributed by atoms with Gasteiger partial charge in [0.25, 0.3) is 0 Å². The zero-order valence-electron chi connectivity index (χ0n) is 14.3. The molecule has 1 atom stereocenters. The van der Waals surface area contributed by atoms with Crippen LogP contribution >= 0.6 is 34.5 Å². The Labute approximate surface area is 166 Å². The van der Waals surface area contributed by atoms with Crippen LogP contribution in [0.15, 0.2) is 6.07 Å². The Morgan fingerprint density at radius 2 is 1.65 bits per heavy atom. The second-order valence-electron chi connectivity index (χ2n) is 6.97. The van der Waals surface area contributed by atoms with E-state index in [1.165, 1.54) is 16.2 Å². The summed E-state index contributed by atoms with van der Waals surface area (Å²) in [6.45, 7) is 1.16. The van der Waals surface area contributed by atoms with Crippen LogP contribution in [0.1, 0.15) is 43.6 Å². The SMILES string of the molecule is O=C(O)N1CCN(C(=O)C(c2cc(Cl)sc2Cl)C2(O)CCCCC2)CC1. The highest BCUT2D eigenvalue weighted by atomic mass is 35.5. The van der Waals surface area contributed by atoms with E-state index in [9.17, 15) is 14.7 Å². The molecule has 0 bridgehead atoms. The number of amides is 2. The molecule has 2 N–H and O–H groups in total. The maximum atomic E-state index is 13.3. The van der Waals surface area contributed by atoms with Crippen LogP contribution in [0, 0.1) is 0 Å². The lowest BCUT2D eigenvalue weighted by atomic mass is 9.72. The molecule has 1 aliphatic heterocycles. The number of carboxylic acid groups (broad SMARTS) is 1. The van der Waals surface area contributed by atoms with Gasteiger partial charge in [0, 0.05) is 26.2 Å². The van der Waals surface area contributed by atoms with Crippen molar-refractivity contribution < 1.29 is 19.8 Å². The summed E-state index contributed by atoms with van der Waals surface area (Å²) in [5.41, 5.74) is -0.565. The molecule has 144 valence electrons. The van der Waals surface area contributed by atoms with E-state index in [0.717, 1.165) is 19.3 Å². The van der Waals surface area contributed by atoms with Gasteiger partial charge in [0.05, 0.1) is 20.2 Å². The number of carbonyl (C=O) groups is 2. The lowest BCUT2D eigenvalue weighted by Crippen LogP contribution is -2.54. The van der Waals surface area contributed by atoms with Crippen molar-refractivity contribution >= 4 is 46.5 Å². The lowest BCUT2D eigenvalue weighted by Gasteiger charge is -2.42. The minimum atomic E-state index is -1.15. The van der Waals surface area contributed by atoms with E-state index in [0.29, 0.717) is 40.2 Å². The molecule has 6 nitrogen and oxygen atoms in total. The summed E-state index contributed by atoms with van der Waals surface area (Å²) in [7, 11) is 0. The highest BCUT2D eigenvalue weighted by Crippen LogP contribution is 2.46. The van der Waals surface area contributed by atoms with E-state index in [1.807, 2.05) is 0 Å². The van der Waals surface area contributed by atoms with Crippen molar-refractivity contribution in [1.29, 1.82) is 0 Å². The van der Waals surface area contributed by atoms with Gasteiger partial charge in [-0.2, -0.15) is 0 Å². The lowest BCUT2D eigenvalue weighted by molar-refractivity contribution is -0.143. The first-order valence-electron chi connectivity index (χ1n) is 8.75. The number of aliphatic hydroxyl groups is 1. The molecule has 1 saturated heterocycles. The van der Waals surface area contributed by atoms with Crippen molar-refractivity contribution in [2.24, 2.45) is 0 Å². The highest BCUT2D eigenvalue weighted by molar-refractivity contribution is 7.20. The summed E-state index contributed by atoms with van der Waals surface area (Å²) in [6.07, 6.45) is 2.88. The van der Waals surface area contributed by atoms with Crippen LogP contribution in [0.2, 0.25) is 8.67 Å². The minimum absolute atomic E-state index is 0.198. The molecular weight excluding hydrogens is 399 g/mol. The fourth-order valence-corrected chi connectivity index (χ4v) is 5.49. The summed E-state index contributed by atoms with van der Waals surface area (Å²) in [4.78, 5) is 27.4. The van der Waals surface area contributed by atoms with Gasteiger partial charge in [-0.1, -0.05) is 42.5 Å². The van der Waals surface area contributed by atoms with Gasteiger partial charge in [0.2, 0.25) is 5.91 Å². The van der Waals surface area contributed by atoms with Crippen LogP contribution in [0.4, 0.5) is 4.79 Å². The van der Waals surface area contributed by atoms with E-state index >= 15 is 0 Å². The molecule has 0 radical (unpaired) electrons. The minimum Gasteiger partial charge on any atom is -0.465 e. The first kappa shape index (κ1) is 19.7. The van der Waals surface area contributed by atoms with Crippen LogP contribution in [-0.2, 0) is 4.79 Å². The Hall–Kier alpha value is -1.02. The van der Waals surface area contributed by atoms with Crippen LogP contribution < -0.4 is 0 Å². The van der Waals surface area contributed by atoms with E-state index in [2.05, 4.69) is 0 Å². The second kappa shape index (κ2) is 7.92. The fraction of sp³-hybridized carbons (Fsp3) is 0.647. The molecule has 3 rings (SSSR count). The Morgan fingerprint density at radius 3 is 2.15 bits per heavy atom. The molecule has 1 aromatic heterocycles. The molecule has 2 fully saturated rings. The van der Waals surface area contributed by atoms with Crippen LogP contribution in [0.25, 0.3) is 0 Å². The number of piperazine rings is 1. The van der Waals surface area contributed by atoms with Crippen molar-refractivity contribution in [2.75, 3.05) is 26.2 Å². The zero-order chi connectivity index (χ0) is 18.9. The number of nitrogens with zero attached hydrogens (tertiary/aromatic N) is 2. The molecule has 2 aliphatic rings. The number of hydrogen-bond donors (Lipinski definition) is 2. The molecule has 1 aromatic rings. The van der Waals surface area contributed by atoms with Gasteiger partial charge in [-0.3, -0.25) is 4.79 Å². The monoisotopic (exact) mass is 420 g/mol. The van der Waals surface area contributed by atoms with Crippen molar-refractivity contribution in [3.8, 4) is 0 Å². The van der Waals surface area contributed by atoms with Gasteiger partial charge in [-0.15, -0.1) is 11.3 Å². The summed E-state index contributed by atoms with van der Waals surface area (Å²) in [5.74, 6) is -0.966. The standard InChI is InChI=1S/C17H22Cl2N2O4S/c18-12-10-11(14(19)26-12)13(17(25)4-2-1-3-5-17)15(22)20-6-8-21(9-7-20)16(23)24/h10,13,25H,1-9H2,(H,23,24). The van der Waals surface area contributed by atoms with Crippen molar-refractivity contribution in [2.45, 2.75) is 43.6 Å². The third-order valence-electron chi connectivity index (χ3n) is 5.36. The molecule has 26 heavy (non-hydrogen) atoms. The first-order chi connectivity index (χ1) is 12.3. The van der Waals surface area contributed by atoms with Gasteiger partial charge in [0.1, 0.15) is 0 Å². The summed E-state index contributed by atoms with van der Waals surface area (Å²) in [5, 5.41) is 20.4. The summed E-state index contributed by atoms with van der Waals surface area (Å²) >= 11 is 13.6. The maximum absolute atomic E-state index is 13.3. The Kier molecular flexibility index (Phi) is 6.01. The van der Waals surface area contributed by atoms with E-state index < -0.39 is 17.6 Å². The fourth-order valence-electron chi connectivity index (χ4n) is 3.96. The summed E-state index contributed by atoms with van der Waals surface area (Å²) < 4.78 is 0.912. The van der Waals surface area contributed by atoms with Gasteiger partial charge in [0.15, 0.2) is 0 Å². The zero-order valence-corrected chi connectivity index (χ0v) is 16.6. The third kappa shape index (κ3) is 3.96. The topological polar surface area (TPSA) is 81.1 Å². The average Bonchev–Trinajstić information content (AvgIpc) is 2.93. The third-order valence-corrected chi connectivity index (χ3v) is 6.88. The van der Waals surface area contributed by atoms with Crippen LogP contribution in [-0.4, -0.2) is 63.8 Å². The van der Waals surface area contributed by atoms with Crippen LogP contribution in [0.3, 0.4) is 0 Å². The number of hydrogen-bond acceptors (Lipinski definition) is 4. The predicted octanol–water partition coefficient (Wildman–Crippen LogP) is 3.66. The number of carbonyl (C=O) groups excluding carboxylic acids is 1. The molecule has 9 heteroatoms. The van der Waals surface area contributed by atoms with Gasteiger partial charge in [-0.25, -0.2) is 4.79 Å². The van der Waals surface area contributed by atoms with Crippen LogP contribution in [0.5, 0.6) is 0 Å². The first-order valence-corrected chi connectivity index (χ1v) is 10.3. The average molecular weight is 421 g/mol. The molecule has 1 aliphatic carbocycles. The Morgan fingerprint density at radius 1 is 1.08 bits per heavy atom.